The van der Waals surface area contributed by atoms with Crippen LogP contribution in [-0.4, -0.2) is 20.7 Å². The lowest BCUT2D eigenvalue weighted by molar-refractivity contribution is -0.115. The summed E-state index contributed by atoms with van der Waals surface area (Å²) in [5.41, 5.74) is 1.84. The zero-order valence-electron chi connectivity index (χ0n) is 12.5. The lowest BCUT2D eigenvalue weighted by Crippen LogP contribution is -2.18. The van der Waals surface area contributed by atoms with E-state index in [9.17, 15) is 4.79 Å². The quantitative estimate of drug-likeness (QED) is 0.768. The molecule has 0 saturated carbocycles. The standard InChI is InChI=1S/C16H15ClN4OS/c1-11-19-14(10-23-11)8-16(22)20-15-6-7-18-21(15)9-12-2-4-13(17)5-3-12/h2-7,10H,8-9H2,1H3,(H,20,22). The molecule has 0 unspecified atom stereocenters. The third kappa shape index (κ3) is 4.18. The van der Waals surface area contributed by atoms with Gasteiger partial charge in [0.1, 0.15) is 5.82 Å². The fourth-order valence-corrected chi connectivity index (χ4v) is 2.91. The number of carbonyl (C=O) groups is 1. The van der Waals surface area contributed by atoms with Crippen molar-refractivity contribution in [3.8, 4) is 0 Å². The summed E-state index contributed by atoms with van der Waals surface area (Å²) in [5.74, 6) is 0.560. The number of aromatic nitrogens is 3. The maximum Gasteiger partial charge on any atom is 0.231 e. The molecule has 0 aliphatic rings. The maximum absolute atomic E-state index is 12.1. The van der Waals surface area contributed by atoms with Crippen molar-refractivity contribution in [1.29, 1.82) is 0 Å². The van der Waals surface area contributed by atoms with Crippen LogP contribution < -0.4 is 5.32 Å². The van der Waals surface area contributed by atoms with Gasteiger partial charge in [0.2, 0.25) is 5.91 Å². The minimum absolute atomic E-state index is 0.104. The molecule has 0 fully saturated rings. The molecule has 0 saturated heterocycles. The van der Waals surface area contributed by atoms with Crippen LogP contribution in [0.4, 0.5) is 5.82 Å². The SMILES string of the molecule is Cc1nc(CC(=O)Nc2ccnn2Cc2ccc(Cl)cc2)cs1. The van der Waals surface area contributed by atoms with Crippen LogP contribution in [0.2, 0.25) is 5.02 Å². The predicted molar refractivity (Wildman–Crippen MR) is 92.0 cm³/mol. The van der Waals surface area contributed by atoms with Crippen molar-refractivity contribution in [2.45, 2.75) is 19.9 Å². The molecule has 2 aromatic heterocycles. The molecule has 1 amide bonds. The van der Waals surface area contributed by atoms with Crippen LogP contribution in [0.3, 0.4) is 0 Å². The van der Waals surface area contributed by atoms with Gasteiger partial charge < -0.3 is 5.32 Å². The van der Waals surface area contributed by atoms with Gasteiger partial charge in [-0.05, 0) is 24.6 Å². The molecule has 0 aliphatic heterocycles. The van der Waals surface area contributed by atoms with Crippen LogP contribution in [-0.2, 0) is 17.8 Å². The number of thiazole rings is 1. The highest BCUT2D eigenvalue weighted by atomic mass is 35.5. The van der Waals surface area contributed by atoms with E-state index in [4.69, 9.17) is 11.6 Å². The van der Waals surface area contributed by atoms with Gasteiger partial charge in [-0.3, -0.25) is 4.79 Å². The number of aryl methyl sites for hydroxylation is 1. The fourth-order valence-electron chi connectivity index (χ4n) is 2.17. The summed E-state index contributed by atoms with van der Waals surface area (Å²) in [5, 5.41) is 10.7. The number of hydrogen-bond donors (Lipinski definition) is 1. The lowest BCUT2D eigenvalue weighted by atomic mass is 10.2. The second-order valence-electron chi connectivity index (χ2n) is 5.08. The Morgan fingerprint density at radius 2 is 2.09 bits per heavy atom. The zero-order chi connectivity index (χ0) is 16.2. The molecule has 3 rings (SSSR count). The summed E-state index contributed by atoms with van der Waals surface area (Å²) in [6.07, 6.45) is 1.93. The third-order valence-corrected chi connectivity index (χ3v) is 4.31. The van der Waals surface area contributed by atoms with Gasteiger partial charge >= 0.3 is 0 Å². The van der Waals surface area contributed by atoms with Crippen molar-refractivity contribution in [3.05, 3.63) is 63.2 Å². The van der Waals surface area contributed by atoms with Crippen LogP contribution >= 0.6 is 22.9 Å². The Hall–Kier alpha value is -2.18. The number of nitrogens with one attached hydrogen (secondary N) is 1. The largest absolute Gasteiger partial charge is 0.311 e. The van der Waals surface area contributed by atoms with Crippen molar-refractivity contribution in [2.24, 2.45) is 0 Å². The van der Waals surface area contributed by atoms with Gasteiger partial charge in [-0.1, -0.05) is 23.7 Å². The Morgan fingerprint density at radius 3 is 2.78 bits per heavy atom. The van der Waals surface area contributed by atoms with E-state index in [2.05, 4.69) is 15.4 Å². The first-order valence-electron chi connectivity index (χ1n) is 7.07. The van der Waals surface area contributed by atoms with Gasteiger partial charge in [0, 0.05) is 16.5 Å². The highest BCUT2D eigenvalue weighted by Gasteiger charge is 2.10. The maximum atomic E-state index is 12.1. The highest BCUT2D eigenvalue weighted by molar-refractivity contribution is 7.09. The Morgan fingerprint density at radius 1 is 1.30 bits per heavy atom. The van der Waals surface area contributed by atoms with Gasteiger partial charge in [-0.2, -0.15) is 5.10 Å². The molecular formula is C16H15ClN4OS. The fraction of sp³-hybridized carbons (Fsp3) is 0.188. The van der Waals surface area contributed by atoms with Crippen LogP contribution in [0.15, 0.2) is 41.9 Å². The van der Waals surface area contributed by atoms with Gasteiger partial charge in [-0.25, -0.2) is 9.67 Å². The third-order valence-electron chi connectivity index (χ3n) is 3.24. The molecule has 0 spiro atoms. The number of anilines is 1. The molecule has 0 bridgehead atoms. The Balaban J connectivity index is 1.66. The Kier molecular flexibility index (Phi) is 4.73. The van der Waals surface area contributed by atoms with Crippen LogP contribution in [0.5, 0.6) is 0 Å². The molecule has 2 heterocycles. The van der Waals surface area contributed by atoms with Crippen LogP contribution in [0.25, 0.3) is 0 Å². The van der Waals surface area contributed by atoms with E-state index in [1.54, 1.807) is 28.3 Å². The van der Waals surface area contributed by atoms with Crippen molar-refractivity contribution in [1.82, 2.24) is 14.8 Å². The summed E-state index contributed by atoms with van der Waals surface area (Å²) in [7, 11) is 0. The van der Waals surface area contributed by atoms with Crippen molar-refractivity contribution >= 4 is 34.7 Å². The van der Waals surface area contributed by atoms with Crippen molar-refractivity contribution in [2.75, 3.05) is 5.32 Å². The van der Waals surface area contributed by atoms with Crippen molar-refractivity contribution < 1.29 is 4.79 Å². The van der Waals surface area contributed by atoms with E-state index < -0.39 is 0 Å². The predicted octanol–water partition coefficient (Wildman–Crippen LogP) is 3.53. The summed E-state index contributed by atoms with van der Waals surface area (Å²) in [6, 6.07) is 9.33. The van der Waals surface area contributed by atoms with E-state index in [1.807, 2.05) is 36.6 Å². The summed E-state index contributed by atoms with van der Waals surface area (Å²) < 4.78 is 1.74. The van der Waals surface area contributed by atoms with Gasteiger partial charge in [0.25, 0.3) is 0 Å². The topological polar surface area (TPSA) is 59.8 Å². The van der Waals surface area contributed by atoms with E-state index >= 15 is 0 Å². The molecule has 1 N–H and O–H groups in total. The van der Waals surface area contributed by atoms with E-state index in [0.29, 0.717) is 17.4 Å². The zero-order valence-corrected chi connectivity index (χ0v) is 14.1. The number of halogens is 1. The minimum Gasteiger partial charge on any atom is -0.311 e. The Labute approximate surface area is 142 Å². The number of rotatable bonds is 5. The first kappa shape index (κ1) is 15.7. The van der Waals surface area contributed by atoms with Crippen molar-refractivity contribution in [3.63, 3.8) is 0 Å². The molecule has 3 aromatic rings. The number of benzene rings is 1. The second-order valence-corrected chi connectivity index (χ2v) is 6.58. The molecule has 23 heavy (non-hydrogen) atoms. The van der Waals surface area contributed by atoms with Gasteiger partial charge in [0.15, 0.2) is 0 Å². The minimum atomic E-state index is -0.104. The molecule has 5 nitrogen and oxygen atoms in total. The number of hydrogen-bond acceptors (Lipinski definition) is 4. The van der Waals surface area contributed by atoms with E-state index in [1.165, 1.54) is 0 Å². The Bertz CT molecular complexity index is 810. The summed E-state index contributed by atoms with van der Waals surface area (Å²) in [6.45, 7) is 2.49. The highest BCUT2D eigenvalue weighted by Crippen LogP contribution is 2.14. The lowest BCUT2D eigenvalue weighted by Gasteiger charge is -2.09. The number of carbonyl (C=O) groups excluding carboxylic acids is 1. The van der Waals surface area contributed by atoms with Gasteiger partial charge in [0.05, 0.1) is 29.9 Å². The van der Waals surface area contributed by atoms with Crippen LogP contribution in [0.1, 0.15) is 16.3 Å². The van der Waals surface area contributed by atoms with Crippen LogP contribution in [0, 0.1) is 6.92 Å². The second kappa shape index (κ2) is 6.93. The number of nitrogens with zero attached hydrogens (tertiary/aromatic N) is 3. The molecule has 7 heteroatoms. The van der Waals surface area contributed by atoms with E-state index in [-0.39, 0.29) is 12.3 Å². The molecule has 0 radical (unpaired) electrons. The van der Waals surface area contributed by atoms with Gasteiger partial charge in [-0.15, -0.1) is 11.3 Å². The average molecular weight is 347 g/mol. The molecular weight excluding hydrogens is 332 g/mol. The van der Waals surface area contributed by atoms with E-state index in [0.717, 1.165) is 16.3 Å². The average Bonchev–Trinajstić information content (AvgIpc) is 3.11. The smallest absolute Gasteiger partial charge is 0.231 e. The summed E-state index contributed by atoms with van der Waals surface area (Å²) in [4.78, 5) is 16.4. The first-order valence-corrected chi connectivity index (χ1v) is 8.33. The number of amides is 1. The monoisotopic (exact) mass is 346 g/mol. The normalized spacial score (nSPS) is 10.7. The molecule has 118 valence electrons. The summed E-state index contributed by atoms with van der Waals surface area (Å²) >= 11 is 7.43. The molecule has 0 atom stereocenters. The molecule has 1 aromatic carbocycles. The molecule has 0 aliphatic carbocycles. The first-order chi connectivity index (χ1) is 11.1.